The van der Waals surface area contributed by atoms with Crippen molar-refractivity contribution in [2.75, 3.05) is 0 Å². The smallest absolute Gasteiger partial charge is 0.348 e. The van der Waals surface area contributed by atoms with Crippen molar-refractivity contribution in [3.05, 3.63) is 57.2 Å². The molecule has 5 N–H and O–H groups in total. The van der Waals surface area contributed by atoms with E-state index in [0.29, 0.717) is 0 Å². The lowest BCUT2D eigenvalue weighted by molar-refractivity contribution is -0.346. The second-order valence-corrected chi connectivity index (χ2v) is 11.5. The summed E-state index contributed by atoms with van der Waals surface area (Å²) >= 11 is 0. The van der Waals surface area contributed by atoms with Gasteiger partial charge in [0.05, 0.1) is 29.1 Å². The molecule has 44 heavy (non-hydrogen) atoms. The Hall–Kier alpha value is -3.82. The van der Waals surface area contributed by atoms with Gasteiger partial charge in [-0.2, -0.15) is 0 Å². The number of fused-ring (bicyclic) bond motifs is 2. The minimum Gasteiger partial charge on any atom is -0.506 e. The van der Waals surface area contributed by atoms with E-state index >= 15 is 0 Å². The van der Waals surface area contributed by atoms with E-state index in [2.05, 4.69) is 0 Å². The first kappa shape index (κ1) is 28.9. The monoisotopic (exact) mass is 610 g/mol. The van der Waals surface area contributed by atoms with Gasteiger partial charge in [-0.1, -0.05) is 25.1 Å². The lowest BCUT2D eigenvalue weighted by Gasteiger charge is -2.45. The molecule has 2 aliphatic heterocycles. The molecule has 13 heteroatoms. The third kappa shape index (κ3) is 4.19. The minimum absolute atomic E-state index is 0.0277. The molecule has 232 valence electrons. The van der Waals surface area contributed by atoms with Crippen molar-refractivity contribution >= 4 is 43.5 Å². The van der Waals surface area contributed by atoms with Crippen molar-refractivity contribution < 1.29 is 53.3 Å². The number of benzene rings is 3. The highest BCUT2D eigenvalue weighted by atomic mass is 16.8. The van der Waals surface area contributed by atoms with E-state index in [0.717, 1.165) is 0 Å². The summed E-state index contributed by atoms with van der Waals surface area (Å²) in [5, 5.41) is 54.8. The molecule has 2 fully saturated rings. The maximum absolute atomic E-state index is 13.1. The van der Waals surface area contributed by atoms with Crippen molar-refractivity contribution in [3.63, 3.8) is 0 Å². The molecule has 4 unspecified atom stereocenters. The quantitative estimate of drug-likeness (QED) is 0.112. The van der Waals surface area contributed by atoms with Crippen LogP contribution in [-0.4, -0.2) is 80.8 Å². The molecular formula is C31H30O13. The third-order valence-corrected chi connectivity index (χ3v) is 8.82. The topological polar surface area (TPSA) is 198 Å². The molecular weight excluding hydrogens is 580 g/mol. The molecule has 7 rings (SSSR count). The summed E-state index contributed by atoms with van der Waals surface area (Å²) in [7, 11) is 0. The number of aromatic hydroxyl groups is 1. The summed E-state index contributed by atoms with van der Waals surface area (Å²) in [5.74, 6) is -1.03. The predicted molar refractivity (Wildman–Crippen MR) is 154 cm³/mol. The van der Waals surface area contributed by atoms with Gasteiger partial charge in [-0.15, -0.1) is 0 Å². The van der Waals surface area contributed by atoms with Gasteiger partial charge in [0, 0.05) is 22.1 Å². The fraction of sp³-hybridized carbons (Fsp3) is 0.419. The second-order valence-electron chi connectivity index (χ2n) is 11.5. The number of aliphatic hydroxyl groups is 4. The van der Waals surface area contributed by atoms with Gasteiger partial charge in [0.25, 0.3) is 0 Å². The zero-order valence-corrected chi connectivity index (χ0v) is 23.7. The predicted octanol–water partition coefficient (Wildman–Crippen LogP) is 1.68. The first-order chi connectivity index (χ1) is 21.0. The average molecular weight is 611 g/mol. The van der Waals surface area contributed by atoms with Gasteiger partial charge in [0.15, 0.2) is 18.0 Å². The molecule has 2 saturated heterocycles. The molecule has 0 spiro atoms. The van der Waals surface area contributed by atoms with E-state index in [4.69, 9.17) is 27.8 Å². The third-order valence-electron chi connectivity index (χ3n) is 8.82. The Kier molecular flexibility index (Phi) is 6.82. The van der Waals surface area contributed by atoms with Gasteiger partial charge >= 0.3 is 11.3 Å². The van der Waals surface area contributed by atoms with Crippen LogP contribution in [0.3, 0.4) is 0 Å². The lowest BCUT2D eigenvalue weighted by Crippen LogP contribution is -2.62. The molecule has 3 aromatic carbocycles. The highest BCUT2D eigenvalue weighted by molar-refractivity contribution is 6.28. The number of ether oxygens (including phenoxy) is 4. The largest absolute Gasteiger partial charge is 0.506 e. The van der Waals surface area contributed by atoms with Crippen LogP contribution >= 0.6 is 0 Å². The van der Waals surface area contributed by atoms with Gasteiger partial charge in [0.1, 0.15) is 40.8 Å². The van der Waals surface area contributed by atoms with Crippen molar-refractivity contribution in [1.82, 2.24) is 0 Å². The average Bonchev–Trinajstić information content (AvgIpc) is 3.00. The molecule has 0 aliphatic carbocycles. The van der Waals surface area contributed by atoms with Crippen LogP contribution in [0.25, 0.3) is 43.5 Å². The summed E-state index contributed by atoms with van der Waals surface area (Å²) in [5.41, 5.74) is -1.46. The van der Waals surface area contributed by atoms with Crippen LogP contribution in [0.15, 0.2) is 54.8 Å². The Balaban J connectivity index is 1.38. The Morgan fingerprint density at radius 3 is 2.14 bits per heavy atom. The summed E-state index contributed by atoms with van der Waals surface area (Å²) in [6, 6.07) is 9.13. The molecule has 0 bridgehead atoms. The van der Waals surface area contributed by atoms with Crippen LogP contribution in [0.5, 0.6) is 11.5 Å². The molecule has 2 aromatic heterocycles. The van der Waals surface area contributed by atoms with Crippen LogP contribution in [0.1, 0.15) is 20.8 Å². The van der Waals surface area contributed by atoms with Crippen molar-refractivity contribution in [2.45, 2.75) is 76.1 Å². The first-order valence-corrected chi connectivity index (χ1v) is 14.2. The molecule has 5 aromatic rings. The van der Waals surface area contributed by atoms with E-state index in [1.54, 1.807) is 19.9 Å². The van der Waals surface area contributed by atoms with Gasteiger partial charge in [0.2, 0.25) is 6.29 Å². The fourth-order valence-electron chi connectivity index (χ4n) is 6.32. The molecule has 0 saturated carbocycles. The highest BCUT2D eigenvalue weighted by Gasteiger charge is 2.49. The number of aliphatic hydroxyl groups excluding tert-OH is 4. The second kappa shape index (κ2) is 10.4. The zero-order chi connectivity index (χ0) is 31.2. The molecule has 0 amide bonds. The number of phenolic OH excluding ortho intramolecular Hbond substituents is 1. The SMILES string of the molecule is CC1O[C@H](OC2[C@H](Oc3cccc4c(O)c5c(=O)oc6cccc7c(=O)oc(c34)c5c67)OC(C)[C@H](O)[C@@H]2O)[C@H](O)C(C)[C@H]1O. The van der Waals surface area contributed by atoms with E-state index < -0.39 is 78.2 Å². The Morgan fingerprint density at radius 1 is 0.682 bits per heavy atom. The molecule has 10 atom stereocenters. The molecule has 13 nitrogen and oxygen atoms in total. The molecule has 4 heterocycles. The minimum atomic E-state index is -1.56. The standard InChI is InChI=1S/C31H30O13/c1-10-21(32)11(2)39-30(22(10)33)44-27-25(36)23(34)12(3)40-31(27)42-16-9-4-6-13-18(16)26-19-17-14(28(37)43-26)7-5-8-15(17)41-29(38)20(19)24(13)35/h4-12,21-23,25,27,30-36H,1-3H3/t10?,11?,12?,21-,22-,23+,25+,27?,30-,31+/m1/s1. The Morgan fingerprint density at radius 2 is 1.36 bits per heavy atom. The van der Waals surface area contributed by atoms with Crippen molar-refractivity contribution in [2.24, 2.45) is 5.92 Å². The normalized spacial score (nSPS) is 33.1. The van der Waals surface area contributed by atoms with E-state index in [9.17, 15) is 35.1 Å². The summed E-state index contributed by atoms with van der Waals surface area (Å²) in [4.78, 5) is 26.1. The van der Waals surface area contributed by atoms with Crippen molar-refractivity contribution in [3.8, 4) is 11.5 Å². The van der Waals surface area contributed by atoms with Crippen molar-refractivity contribution in [1.29, 1.82) is 0 Å². The number of hydrogen-bond donors (Lipinski definition) is 5. The Bertz CT molecular complexity index is 2000. The van der Waals surface area contributed by atoms with Gasteiger partial charge in [-0.05, 0) is 32.0 Å². The van der Waals surface area contributed by atoms with Crippen LogP contribution in [0, 0.1) is 5.92 Å². The Labute approximate surface area is 247 Å². The van der Waals surface area contributed by atoms with Crippen LogP contribution in [0.2, 0.25) is 0 Å². The van der Waals surface area contributed by atoms with Gasteiger partial charge in [-0.3, -0.25) is 0 Å². The van der Waals surface area contributed by atoms with E-state index in [1.165, 1.54) is 37.3 Å². The number of phenols is 1. The summed E-state index contributed by atoms with van der Waals surface area (Å²) < 4.78 is 35.0. The molecule has 0 radical (unpaired) electrons. The number of rotatable bonds is 4. The number of hydrogen-bond acceptors (Lipinski definition) is 13. The maximum atomic E-state index is 13.1. The fourth-order valence-corrected chi connectivity index (χ4v) is 6.32. The summed E-state index contributed by atoms with van der Waals surface area (Å²) in [6.07, 6.45) is -11.0. The van der Waals surface area contributed by atoms with Gasteiger partial charge in [-0.25, -0.2) is 9.59 Å². The van der Waals surface area contributed by atoms with Crippen LogP contribution < -0.4 is 16.0 Å². The van der Waals surface area contributed by atoms with Crippen LogP contribution in [0.4, 0.5) is 0 Å². The zero-order valence-electron chi connectivity index (χ0n) is 23.7. The van der Waals surface area contributed by atoms with E-state index in [1.807, 2.05) is 0 Å². The first-order valence-electron chi connectivity index (χ1n) is 14.2. The lowest BCUT2D eigenvalue weighted by atomic mass is 9.91. The molecule has 2 aliphatic rings. The summed E-state index contributed by atoms with van der Waals surface area (Å²) in [6.45, 7) is 4.75. The maximum Gasteiger partial charge on any atom is 0.348 e. The van der Waals surface area contributed by atoms with Crippen LogP contribution in [-0.2, 0) is 14.2 Å². The van der Waals surface area contributed by atoms with E-state index in [-0.39, 0.29) is 49.2 Å². The van der Waals surface area contributed by atoms with Gasteiger partial charge < -0.3 is 53.3 Å². The highest BCUT2D eigenvalue weighted by Crippen LogP contribution is 2.45.